The quantitative estimate of drug-likeness (QED) is 0.430. The summed E-state index contributed by atoms with van der Waals surface area (Å²) in [7, 11) is 0. The Morgan fingerprint density at radius 2 is 2.00 bits per heavy atom. The van der Waals surface area contributed by atoms with Crippen LogP contribution in [0.1, 0.15) is 13.8 Å². The average Bonchev–Trinajstić information content (AvgIpc) is 2.21. The third-order valence-corrected chi connectivity index (χ3v) is 1.95. The second-order valence-corrected chi connectivity index (χ2v) is 3.29. The summed E-state index contributed by atoms with van der Waals surface area (Å²) in [6, 6.07) is -1.22. The van der Waals surface area contributed by atoms with E-state index in [1.807, 2.05) is 6.92 Å². The molecule has 0 aliphatic heterocycles. The Morgan fingerprint density at radius 1 is 1.40 bits per heavy atom. The standard InChI is InChI=1S/C9H18N2O4/c1-3-10-4-6(2)8(13)11-7(5-12)9(14)15/h6-7,10,12H,3-5H2,1-2H3,(H,11,13)(H,14,15)/t6?,7-/m1/s1. The van der Waals surface area contributed by atoms with Crippen molar-refractivity contribution in [3.8, 4) is 0 Å². The van der Waals surface area contributed by atoms with Gasteiger partial charge in [-0.3, -0.25) is 4.79 Å². The van der Waals surface area contributed by atoms with Gasteiger partial charge in [0, 0.05) is 12.5 Å². The van der Waals surface area contributed by atoms with Crippen LogP contribution in [-0.2, 0) is 9.59 Å². The Hall–Kier alpha value is -1.14. The van der Waals surface area contributed by atoms with Crippen LogP contribution in [0.25, 0.3) is 0 Å². The highest BCUT2D eigenvalue weighted by atomic mass is 16.4. The third kappa shape index (κ3) is 5.34. The number of aliphatic hydroxyl groups excluding tert-OH is 1. The number of hydrogen-bond donors (Lipinski definition) is 4. The fourth-order valence-electron chi connectivity index (χ4n) is 0.953. The molecule has 0 heterocycles. The third-order valence-electron chi connectivity index (χ3n) is 1.95. The first kappa shape index (κ1) is 13.9. The Kier molecular flexibility index (Phi) is 6.64. The van der Waals surface area contributed by atoms with E-state index >= 15 is 0 Å². The smallest absolute Gasteiger partial charge is 0.328 e. The van der Waals surface area contributed by atoms with Crippen molar-refractivity contribution in [2.75, 3.05) is 19.7 Å². The van der Waals surface area contributed by atoms with E-state index in [4.69, 9.17) is 10.2 Å². The van der Waals surface area contributed by atoms with Crippen molar-refractivity contribution in [2.45, 2.75) is 19.9 Å². The lowest BCUT2D eigenvalue weighted by molar-refractivity contribution is -0.143. The first-order valence-electron chi connectivity index (χ1n) is 4.87. The van der Waals surface area contributed by atoms with Gasteiger partial charge in [0.25, 0.3) is 0 Å². The fraction of sp³-hybridized carbons (Fsp3) is 0.778. The number of carboxylic acids is 1. The first-order chi connectivity index (χ1) is 7.02. The summed E-state index contributed by atoms with van der Waals surface area (Å²) < 4.78 is 0. The molecule has 0 fully saturated rings. The zero-order valence-electron chi connectivity index (χ0n) is 8.99. The van der Waals surface area contributed by atoms with E-state index in [-0.39, 0.29) is 11.8 Å². The van der Waals surface area contributed by atoms with Crippen molar-refractivity contribution in [3.63, 3.8) is 0 Å². The molecule has 0 aliphatic carbocycles. The van der Waals surface area contributed by atoms with E-state index in [1.54, 1.807) is 6.92 Å². The molecule has 1 amide bonds. The van der Waals surface area contributed by atoms with Gasteiger partial charge in [0.05, 0.1) is 6.61 Å². The van der Waals surface area contributed by atoms with Crippen LogP contribution in [0, 0.1) is 5.92 Å². The summed E-state index contributed by atoms with van der Waals surface area (Å²) in [4.78, 5) is 21.9. The summed E-state index contributed by atoms with van der Waals surface area (Å²) in [6.45, 7) is 4.24. The predicted molar refractivity (Wildman–Crippen MR) is 54.4 cm³/mol. The van der Waals surface area contributed by atoms with Crippen LogP contribution in [0.2, 0.25) is 0 Å². The van der Waals surface area contributed by atoms with Gasteiger partial charge in [-0.05, 0) is 6.54 Å². The van der Waals surface area contributed by atoms with E-state index in [1.165, 1.54) is 0 Å². The number of rotatable bonds is 7. The molecule has 6 nitrogen and oxygen atoms in total. The maximum absolute atomic E-state index is 11.4. The normalized spacial score (nSPS) is 14.3. The van der Waals surface area contributed by atoms with Gasteiger partial charge in [-0.25, -0.2) is 4.79 Å². The lowest BCUT2D eigenvalue weighted by Crippen LogP contribution is -2.46. The van der Waals surface area contributed by atoms with Crippen molar-refractivity contribution in [3.05, 3.63) is 0 Å². The van der Waals surface area contributed by atoms with E-state index < -0.39 is 18.6 Å². The molecule has 6 heteroatoms. The summed E-state index contributed by atoms with van der Waals surface area (Å²) >= 11 is 0. The van der Waals surface area contributed by atoms with Crippen molar-refractivity contribution >= 4 is 11.9 Å². The van der Waals surface area contributed by atoms with Gasteiger partial charge in [-0.1, -0.05) is 13.8 Å². The van der Waals surface area contributed by atoms with Gasteiger partial charge in [-0.2, -0.15) is 0 Å². The number of aliphatic carboxylic acids is 1. The highest BCUT2D eigenvalue weighted by Crippen LogP contribution is 1.94. The number of nitrogens with one attached hydrogen (secondary N) is 2. The van der Waals surface area contributed by atoms with Crippen molar-refractivity contribution in [1.82, 2.24) is 10.6 Å². The minimum atomic E-state index is -1.23. The van der Waals surface area contributed by atoms with Crippen molar-refractivity contribution < 1.29 is 19.8 Å². The minimum Gasteiger partial charge on any atom is -0.480 e. The lowest BCUT2D eigenvalue weighted by Gasteiger charge is -2.16. The van der Waals surface area contributed by atoms with Gasteiger partial charge < -0.3 is 20.8 Å². The molecule has 0 aromatic heterocycles. The molecule has 2 atom stereocenters. The van der Waals surface area contributed by atoms with E-state index in [0.717, 1.165) is 6.54 Å². The summed E-state index contributed by atoms with van der Waals surface area (Å²) in [5.74, 6) is -1.93. The molecule has 15 heavy (non-hydrogen) atoms. The molecule has 0 bridgehead atoms. The highest BCUT2D eigenvalue weighted by Gasteiger charge is 2.21. The summed E-state index contributed by atoms with van der Waals surface area (Å²) in [5.41, 5.74) is 0. The predicted octanol–water partition coefficient (Wildman–Crippen LogP) is -1.21. The van der Waals surface area contributed by atoms with Gasteiger partial charge in [0.1, 0.15) is 6.04 Å². The summed E-state index contributed by atoms with van der Waals surface area (Å²) in [6.07, 6.45) is 0. The zero-order chi connectivity index (χ0) is 11.8. The maximum atomic E-state index is 11.4. The number of carboxylic acid groups (broad SMARTS) is 1. The SMILES string of the molecule is CCNCC(C)C(=O)N[C@H](CO)C(=O)O. The van der Waals surface area contributed by atoms with Crippen LogP contribution in [-0.4, -0.2) is 47.8 Å². The van der Waals surface area contributed by atoms with E-state index in [0.29, 0.717) is 6.54 Å². The number of carbonyl (C=O) groups excluding carboxylic acids is 1. The van der Waals surface area contributed by atoms with Crippen LogP contribution in [0.15, 0.2) is 0 Å². The molecule has 4 N–H and O–H groups in total. The second-order valence-electron chi connectivity index (χ2n) is 3.29. The number of carbonyl (C=O) groups is 2. The van der Waals surface area contributed by atoms with Crippen LogP contribution >= 0.6 is 0 Å². The molecule has 88 valence electrons. The molecule has 0 aromatic rings. The molecule has 0 radical (unpaired) electrons. The number of amides is 1. The topological polar surface area (TPSA) is 98.7 Å². The van der Waals surface area contributed by atoms with Crippen LogP contribution < -0.4 is 10.6 Å². The average molecular weight is 218 g/mol. The molecule has 0 saturated carbocycles. The van der Waals surface area contributed by atoms with Crippen LogP contribution in [0.5, 0.6) is 0 Å². The first-order valence-corrected chi connectivity index (χ1v) is 4.87. The van der Waals surface area contributed by atoms with Gasteiger partial charge in [-0.15, -0.1) is 0 Å². The fourth-order valence-corrected chi connectivity index (χ4v) is 0.953. The Labute approximate surface area is 88.7 Å². The van der Waals surface area contributed by atoms with Crippen molar-refractivity contribution in [2.24, 2.45) is 5.92 Å². The molecule has 0 rings (SSSR count). The molecule has 0 saturated heterocycles. The highest BCUT2D eigenvalue weighted by molar-refractivity contribution is 5.84. The van der Waals surface area contributed by atoms with Gasteiger partial charge in [0.2, 0.25) is 5.91 Å². The Bertz CT molecular complexity index is 220. The van der Waals surface area contributed by atoms with Crippen LogP contribution in [0.4, 0.5) is 0 Å². The zero-order valence-corrected chi connectivity index (χ0v) is 8.99. The molecule has 0 spiro atoms. The Morgan fingerprint density at radius 3 is 2.40 bits per heavy atom. The molecule has 0 aliphatic rings. The van der Waals surface area contributed by atoms with Crippen LogP contribution in [0.3, 0.4) is 0 Å². The molecule has 0 aromatic carbocycles. The molecular formula is C9H18N2O4. The monoisotopic (exact) mass is 218 g/mol. The lowest BCUT2D eigenvalue weighted by atomic mass is 10.1. The van der Waals surface area contributed by atoms with Gasteiger partial charge >= 0.3 is 5.97 Å². The van der Waals surface area contributed by atoms with E-state index in [2.05, 4.69) is 10.6 Å². The van der Waals surface area contributed by atoms with Gasteiger partial charge in [0.15, 0.2) is 0 Å². The number of aliphatic hydroxyl groups is 1. The molecule has 1 unspecified atom stereocenters. The summed E-state index contributed by atoms with van der Waals surface area (Å²) in [5, 5.41) is 22.5. The largest absolute Gasteiger partial charge is 0.480 e. The van der Waals surface area contributed by atoms with Crippen molar-refractivity contribution in [1.29, 1.82) is 0 Å². The molecular weight excluding hydrogens is 200 g/mol. The Balaban J connectivity index is 4.04. The minimum absolute atomic E-state index is 0.321. The maximum Gasteiger partial charge on any atom is 0.328 e. The van der Waals surface area contributed by atoms with E-state index in [9.17, 15) is 9.59 Å². The number of hydrogen-bond acceptors (Lipinski definition) is 4. The second kappa shape index (κ2) is 7.19.